The Hall–Kier alpha value is 2.18. The van der Waals surface area contributed by atoms with E-state index in [0.29, 0.717) is 0 Å². The summed E-state index contributed by atoms with van der Waals surface area (Å²) in [6, 6.07) is 0. The van der Waals surface area contributed by atoms with E-state index in [9.17, 15) is 0 Å². The maximum atomic E-state index is 8.74. The zero-order chi connectivity index (χ0) is 4.50. The van der Waals surface area contributed by atoms with Crippen LogP contribution in [0.25, 0.3) is 0 Å². The molecule has 0 aromatic heterocycles. The first kappa shape index (κ1) is 16.1. The third-order valence-corrected chi connectivity index (χ3v) is 0. The van der Waals surface area contributed by atoms with Crippen LogP contribution in [0.1, 0.15) is 2.85 Å². The minimum Gasteiger partial charge on any atom is -1.00 e. The second-order valence-electron chi connectivity index (χ2n) is 0.448. The molecule has 7 heavy (non-hydrogen) atoms. The summed E-state index contributed by atoms with van der Waals surface area (Å²) in [5.74, 6) is 0. The molecule has 0 spiro atoms. The van der Waals surface area contributed by atoms with Gasteiger partial charge in [-0.25, -0.2) is 0 Å². The van der Waals surface area contributed by atoms with E-state index in [1.54, 1.807) is 0 Å². The average molecular weight is 434 g/mol. The molecular weight excluding hydrogens is 430 g/mol. The van der Waals surface area contributed by atoms with Crippen LogP contribution in [0.3, 0.4) is 0 Å². The molecule has 4 nitrogen and oxygen atoms in total. The van der Waals surface area contributed by atoms with Crippen molar-refractivity contribution in [3.63, 3.8) is 0 Å². The Kier molecular flexibility index (Phi) is 14.5. The summed E-state index contributed by atoms with van der Waals surface area (Å²) >= 11 is 0. The molecule has 0 amide bonds. The normalized spacial score (nSPS) is 8.29. The van der Waals surface area contributed by atoms with E-state index in [4.69, 9.17) is 17.5 Å². The molecule has 0 atom stereocenters. The van der Waals surface area contributed by atoms with Gasteiger partial charge in [0.2, 0.25) is 0 Å². The summed E-state index contributed by atoms with van der Waals surface area (Å²) in [4.78, 5) is 0. The maximum Gasteiger partial charge on any atom is 2.00 e. The molecule has 7 heteroatoms. The van der Waals surface area contributed by atoms with Crippen molar-refractivity contribution in [3.05, 3.63) is 0 Å². The van der Waals surface area contributed by atoms with Crippen LogP contribution in [0.4, 0.5) is 0 Å². The van der Waals surface area contributed by atoms with Crippen LogP contribution < -0.4 is 0 Å². The molecule has 0 rings (SSSR count). The SMILES string of the molecule is O=S(=O)(O)O.[Au].[Ba+2].[H-].[H-]. The van der Waals surface area contributed by atoms with Crippen LogP contribution >= 0.6 is 0 Å². The van der Waals surface area contributed by atoms with Gasteiger partial charge in [-0.2, -0.15) is 8.42 Å². The third kappa shape index (κ3) is 65.7. The Morgan fingerprint density at radius 3 is 1.29 bits per heavy atom. The van der Waals surface area contributed by atoms with Gasteiger partial charge in [0.25, 0.3) is 0 Å². The fraction of sp³-hybridized carbons (Fsp3) is 0. The van der Waals surface area contributed by atoms with Crippen molar-refractivity contribution in [1.82, 2.24) is 0 Å². The minimum atomic E-state index is -4.67. The van der Waals surface area contributed by atoms with Gasteiger partial charge in [-0.3, -0.25) is 9.11 Å². The monoisotopic (exact) mass is 435 g/mol. The van der Waals surface area contributed by atoms with Gasteiger partial charge in [0.1, 0.15) is 0 Å². The van der Waals surface area contributed by atoms with Gasteiger partial charge in [0.05, 0.1) is 0 Å². The third-order valence-electron chi connectivity index (χ3n) is 0. The van der Waals surface area contributed by atoms with Gasteiger partial charge in [-0.15, -0.1) is 0 Å². The number of hydrogen-bond acceptors (Lipinski definition) is 2. The molecule has 2 N–H and O–H groups in total. The summed E-state index contributed by atoms with van der Waals surface area (Å²) in [7, 11) is -4.67. The quantitative estimate of drug-likeness (QED) is 0.387. The van der Waals surface area contributed by atoms with Gasteiger partial charge in [0.15, 0.2) is 0 Å². The molecular formula is H4AuBaO4S. The van der Waals surface area contributed by atoms with Crippen LogP contribution in [0.2, 0.25) is 0 Å². The predicted octanol–water partition coefficient (Wildman–Crippen LogP) is -0.811. The molecule has 0 unspecified atom stereocenters. The van der Waals surface area contributed by atoms with E-state index in [0.717, 1.165) is 0 Å². The molecule has 0 aliphatic rings. The summed E-state index contributed by atoms with van der Waals surface area (Å²) in [5.41, 5.74) is 0. The van der Waals surface area contributed by atoms with Crippen molar-refractivity contribution in [3.8, 4) is 0 Å². The second kappa shape index (κ2) is 6.30. The minimum absolute atomic E-state index is 0. The Morgan fingerprint density at radius 2 is 1.29 bits per heavy atom. The molecule has 0 heterocycles. The van der Waals surface area contributed by atoms with E-state index in [2.05, 4.69) is 0 Å². The first-order valence-corrected chi connectivity index (χ1v) is 2.10. The largest absolute Gasteiger partial charge is 2.00 e. The van der Waals surface area contributed by atoms with E-state index >= 15 is 0 Å². The second-order valence-corrected chi connectivity index (χ2v) is 1.34. The molecule has 0 saturated heterocycles. The van der Waals surface area contributed by atoms with Crippen molar-refractivity contribution in [2.24, 2.45) is 0 Å². The number of rotatable bonds is 0. The van der Waals surface area contributed by atoms with Crippen molar-refractivity contribution in [2.45, 2.75) is 0 Å². The summed E-state index contributed by atoms with van der Waals surface area (Å²) in [5, 5.41) is 0. The zero-order valence-electron chi connectivity index (χ0n) is 5.13. The topological polar surface area (TPSA) is 74.6 Å². The molecule has 0 aromatic rings. The van der Waals surface area contributed by atoms with E-state index in [1.165, 1.54) is 0 Å². The molecule has 0 saturated carbocycles. The van der Waals surface area contributed by atoms with Crippen LogP contribution in [0.5, 0.6) is 0 Å². The fourth-order valence-electron chi connectivity index (χ4n) is 0. The molecule has 0 aromatic carbocycles. The molecule has 0 bridgehead atoms. The van der Waals surface area contributed by atoms with Crippen molar-refractivity contribution in [1.29, 1.82) is 0 Å². The molecule has 1 radical (unpaired) electrons. The molecule has 0 aliphatic heterocycles. The fourth-order valence-corrected chi connectivity index (χ4v) is 0. The van der Waals surface area contributed by atoms with E-state index in [1.807, 2.05) is 0 Å². The average Bonchev–Trinajstić information content (AvgIpc) is 0.722. The molecule has 47 valence electrons. The smallest absolute Gasteiger partial charge is 1.00 e. The van der Waals surface area contributed by atoms with Gasteiger partial charge in [-0.05, 0) is 0 Å². The van der Waals surface area contributed by atoms with Crippen LogP contribution in [-0.2, 0) is 32.8 Å². The van der Waals surface area contributed by atoms with Gasteiger partial charge in [-0.1, -0.05) is 0 Å². The Balaban J connectivity index is -0.0000000133. The summed E-state index contributed by atoms with van der Waals surface area (Å²) in [6.45, 7) is 0. The van der Waals surface area contributed by atoms with E-state index < -0.39 is 10.4 Å². The summed E-state index contributed by atoms with van der Waals surface area (Å²) in [6.07, 6.45) is 0. The zero-order valence-corrected chi connectivity index (χ0v) is 10.6. The van der Waals surface area contributed by atoms with Crippen molar-refractivity contribution >= 4 is 59.3 Å². The maximum absolute atomic E-state index is 8.74. The van der Waals surface area contributed by atoms with Crippen molar-refractivity contribution < 1.29 is 42.8 Å². The van der Waals surface area contributed by atoms with Crippen LogP contribution in [0.15, 0.2) is 0 Å². The Labute approximate surface area is 100 Å². The standard InChI is InChI=1S/Au.Ba.H2O4S.2H/c;;1-5(2,3)4;;/h;;(H2,1,2,3,4);;/q;+2;;2*-1. The first-order valence-electron chi connectivity index (χ1n) is 0.698. The van der Waals surface area contributed by atoms with Crippen molar-refractivity contribution in [2.75, 3.05) is 0 Å². The molecule has 0 aliphatic carbocycles. The van der Waals surface area contributed by atoms with Crippen LogP contribution in [-0.4, -0.2) is 66.4 Å². The first-order chi connectivity index (χ1) is 2.00. The molecule has 0 fully saturated rings. The van der Waals surface area contributed by atoms with Gasteiger partial charge in [0, 0.05) is 22.4 Å². The van der Waals surface area contributed by atoms with Gasteiger partial charge < -0.3 is 2.85 Å². The van der Waals surface area contributed by atoms with E-state index in [-0.39, 0.29) is 74.1 Å². The summed E-state index contributed by atoms with van der Waals surface area (Å²) < 4.78 is 31.6. The number of hydrogen-bond donors (Lipinski definition) is 2. The van der Waals surface area contributed by atoms with Crippen LogP contribution in [0, 0.1) is 0 Å². The predicted molar refractivity (Wildman–Crippen MR) is 22.2 cm³/mol. The Bertz CT molecular complexity index is 102. The van der Waals surface area contributed by atoms with Gasteiger partial charge >= 0.3 is 59.3 Å². The Morgan fingerprint density at radius 1 is 1.29 bits per heavy atom.